The van der Waals surface area contributed by atoms with Crippen molar-refractivity contribution in [1.29, 1.82) is 5.41 Å². The summed E-state index contributed by atoms with van der Waals surface area (Å²) >= 11 is 0. The Labute approximate surface area is 247 Å². The fourth-order valence-electron chi connectivity index (χ4n) is 6.94. The first-order valence-electron chi connectivity index (χ1n) is 14.7. The van der Waals surface area contributed by atoms with Crippen LogP contribution in [0.15, 0.2) is 12.4 Å². The van der Waals surface area contributed by atoms with Crippen molar-refractivity contribution >= 4 is 35.2 Å². The number of morpholine rings is 1. The number of anilines is 4. The number of carbonyl (C=O) groups excluding carboxylic acids is 1. The molecule has 0 radical (unpaired) electrons. The van der Waals surface area contributed by atoms with Gasteiger partial charge in [-0.05, 0) is 39.5 Å². The van der Waals surface area contributed by atoms with Crippen molar-refractivity contribution in [2.24, 2.45) is 0 Å². The number of nitrogens with zero attached hydrogens (tertiary/aromatic N) is 7. The molecule has 4 aliphatic rings. The van der Waals surface area contributed by atoms with Crippen LogP contribution in [0.25, 0.3) is 0 Å². The minimum atomic E-state index is -4.46. The van der Waals surface area contributed by atoms with Gasteiger partial charge in [-0.15, -0.1) is 0 Å². The molecule has 43 heavy (non-hydrogen) atoms. The van der Waals surface area contributed by atoms with E-state index >= 15 is 0 Å². The maximum Gasteiger partial charge on any atom is 0.408 e. The van der Waals surface area contributed by atoms with E-state index in [1.165, 1.54) is 4.90 Å². The molecule has 6 rings (SSSR count). The maximum atomic E-state index is 14.2. The van der Waals surface area contributed by atoms with Crippen molar-refractivity contribution in [3.63, 3.8) is 0 Å². The Hall–Kier alpha value is -3.75. The van der Waals surface area contributed by atoms with Gasteiger partial charge < -0.3 is 24.6 Å². The van der Waals surface area contributed by atoms with E-state index in [2.05, 4.69) is 25.2 Å². The van der Waals surface area contributed by atoms with Crippen LogP contribution in [0.5, 0.6) is 0 Å². The molecule has 232 valence electrons. The highest BCUT2D eigenvalue weighted by atomic mass is 19.4. The molecule has 2 saturated heterocycles. The minimum Gasteiger partial charge on any atom is -0.457 e. The summed E-state index contributed by atoms with van der Waals surface area (Å²) in [6, 6.07) is -2.33. The Bertz CT molecular complexity index is 1370. The van der Waals surface area contributed by atoms with E-state index in [-0.39, 0.29) is 43.5 Å². The zero-order valence-electron chi connectivity index (χ0n) is 24.4. The number of hydrogen-bond donors (Lipinski definition) is 2. The molecule has 2 aromatic heterocycles. The number of amidine groups is 1. The van der Waals surface area contributed by atoms with Crippen LogP contribution in [0.4, 0.5) is 36.4 Å². The molecule has 12 nitrogen and oxygen atoms in total. The first kappa shape index (κ1) is 29.3. The standard InChI is InChI=1S/C28H36F3N9O3/c1-16-13-38(14-17(2)43-16)26-34-11-18(12-35-26)40-23-21(27(24(40)41)8-4-5-9-27)22(33-3)36-20(37-23)15-42-25(32)39-10-6-7-19(39)28(29,30)31/h11-12,16-17,19,32H,4-10,13-15H2,1-3H3,(H,33,36,37)/t16-,17+,19-/m0/s1. The second kappa shape index (κ2) is 11.1. The predicted molar refractivity (Wildman–Crippen MR) is 151 cm³/mol. The fraction of sp³-hybridized carbons (Fsp3) is 0.643. The summed E-state index contributed by atoms with van der Waals surface area (Å²) in [5, 5.41) is 11.3. The zero-order chi connectivity index (χ0) is 30.5. The molecule has 15 heteroatoms. The van der Waals surface area contributed by atoms with Crippen LogP contribution in [-0.2, 0) is 26.3 Å². The lowest BCUT2D eigenvalue weighted by molar-refractivity contribution is -0.169. The fourth-order valence-corrected chi connectivity index (χ4v) is 6.94. The molecule has 3 fully saturated rings. The molecule has 3 atom stereocenters. The highest BCUT2D eigenvalue weighted by Gasteiger charge is 2.56. The normalized spacial score (nSPS) is 25.0. The number of rotatable bonds is 5. The van der Waals surface area contributed by atoms with Crippen LogP contribution in [0.2, 0.25) is 0 Å². The van der Waals surface area contributed by atoms with Gasteiger partial charge in [-0.1, -0.05) is 12.8 Å². The largest absolute Gasteiger partial charge is 0.457 e. The van der Waals surface area contributed by atoms with Gasteiger partial charge in [0.25, 0.3) is 6.02 Å². The molecular formula is C28H36F3N9O3. The van der Waals surface area contributed by atoms with Crippen LogP contribution in [0.3, 0.4) is 0 Å². The molecule has 3 aliphatic heterocycles. The first-order valence-corrected chi connectivity index (χ1v) is 14.7. The summed E-state index contributed by atoms with van der Waals surface area (Å²) in [7, 11) is 1.70. The maximum absolute atomic E-state index is 14.2. The molecule has 1 amide bonds. The molecule has 1 aliphatic carbocycles. The van der Waals surface area contributed by atoms with Crippen molar-refractivity contribution in [3.05, 3.63) is 23.8 Å². The van der Waals surface area contributed by atoms with Gasteiger partial charge in [0.1, 0.15) is 17.7 Å². The number of aromatic nitrogens is 4. The van der Waals surface area contributed by atoms with Gasteiger partial charge in [0.2, 0.25) is 11.9 Å². The number of carbonyl (C=O) groups is 1. The average Bonchev–Trinajstić information content (AvgIpc) is 3.71. The van der Waals surface area contributed by atoms with Gasteiger partial charge in [0.15, 0.2) is 12.4 Å². The van der Waals surface area contributed by atoms with Crippen LogP contribution < -0.4 is 15.1 Å². The highest BCUT2D eigenvalue weighted by Crippen LogP contribution is 2.54. The van der Waals surface area contributed by atoms with E-state index < -0.39 is 23.7 Å². The Kier molecular flexibility index (Phi) is 7.55. The number of likely N-dealkylation sites (tertiary alicyclic amines) is 1. The van der Waals surface area contributed by atoms with E-state index in [9.17, 15) is 18.0 Å². The van der Waals surface area contributed by atoms with Gasteiger partial charge in [0, 0.05) is 26.7 Å². The van der Waals surface area contributed by atoms with Crippen molar-refractivity contribution in [3.8, 4) is 0 Å². The van der Waals surface area contributed by atoms with Crippen LogP contribution in [0, 0.1) is 5.41 Å². The summed E-state index contributed by atoms with van der Waals surface area (Å²) in [5.41, 5.74) is 0.342. The van der Waals surface area contributed by atoms with E-state index in [0.717, 1.165) is 17.7 Å². The molecule has 2 N–H and O–H groups in total. The van der Waals surface area contributed by atoms with Crippen molar-refractivity contribution in [1.82, 2.24) is 24.8 Å². The van der Waals surface area contributed by atoms with E-state index in [0.29, 0.717) is 61.2 Å². The SMILES string of the molecule is CNc1nc(COC(=N)N2CCC[C@H]2C(F)(F)F)nc2c1C1(CCCC1)C(=O)N2c1cnc(N2C[C@@H](C)O[C@@H](C)C2)nc1. The molecule has 2 aromatic rings. The summed E-state index contributed by atoms with van der Waals surface area (Å²) in [6.45, 7) is 5.05. The Balaban J connectivity index is 1.30. The Morgan fingerprint density at radius 3 is 2.44 bits per heavy atom. The average molecular weight is 604 g/mol. The second-order valence-corrected chi connectivity index (χ2v) is 11.8. The number of fused-ring (bicyclic) bond motifs is 2. The van der Waals surface area contributed by atoms with E-state index in [4.69, 9.17) is 19.9 Å². The molecular weight excluding hydrogens is 567 g/mol. The number of nitrogens with one attached hydrogen (secondary N) is 2. The number of halogens is 3. The molecule has 1 spiro atoms. The molecule has 1 saturated carbocycles. The molecule has 0 bridgehead atoms. The lowest BCUT2D eigenvalue weighted by atomic mass is 9.80. The quantitative estimate of drug-likeness (QED) is 0.383. The summed E-state index contributed by atoms with van der Waals surface area (Å²) in [6.07, 6.45) is 2.11. The first-order chi connectivity index (χ1) is 20.5. The van der Waals surface area contributed by atoms with Crippen LogP contribution >= 0.6 is 0 Å². The monoisotopic (exact) mass is 603 g/mol. The second-order valence-electron chi connectivity index (χ2n) is 11.8. The van der Waals surface area contributed by atoms with E-state index in [1.807, 2.05) is 13.8 Å². The third-order valence-corrected chi connectivity index (χ3v) is 8.75. The summed E-state index contributed by atoms with van der Waals surface area (Å²) in [5.74, 6) is 1.37. The third-order valence-electron chi connectivity index (χ3n) is 8.75. The van der Waals surface area contributed by atoms with Crippen LogP contribution in [-0.4, -0.2) is 87.9 Å². The van der Waals surface area contributed by atoms with Gasteiger partial charge in [-0.3, -0.25) is 15.1 Å². The van der Waals surface area contributed by atoms with Crippen molar-refractivity contribution < 1.29 is 27.4 Å². The minimum absolute atomic E-state index is 0.0323. The highest BCUT2D eigenvalue weighted by molar-refractivity contribution is 6.13. The zero-order valence-corrected chi connectivity index (χ0v) is 24.4. The van der Waals surface area contributed by atoms with Crippen molar-refractivity contribution in [2.75, 3.05) is 41.8 Å². The van der Waals surface area contributed by atoms with E-state index in [1.54, 1.807) is 19.4 Å². The third kappa shape index (κ3) is 5.21. The summed E-state index contributed by atoms with van der Waals surface area (Å²) < 4.78 is 51.7. The Morgan fingerprint density at radius 2 is 1.81 bits per heavy atom. The lowest BCUT2D eigenvalue weighted by Gasteiger charge is -2.35. The number of amides is 1. The molecule has 0 aromatic carbocycles. The predicted octanol–water partition coefficient (Wildman–Crippen LogP) is 3.89. The molecule has 0 unspecified atom stereocenters. The summed E-state index contributed by atoms with van der Waals surface area (Å²) in [4.78, 5) is 37.1. The smallest absolute Gasteiger partial charge is 0.408 e. The van der Waals surface area contributed by atoms with Crippen molar-refractivity contribution in [2.45, 2.75) is 88.8 Å². The Morgan fingerprint density at radius 1 is 1.14 bits per heavy atom. The van der Waals surface area contributed by atoms with Crippen LogP contribution in [0.1, 0.15) is 63.8 Å². The molecule has 5 heterocycles. The van der Waals surface area contributed by atoms with Gasteiger partial charge in [-0.2, -0.15) is 13.2 Å². The number of alkyl halides is 3. The van der Waals surface area contributed by atoms with Gasteiger partial charge >= 0.3 is 6.18 Å². The number of ether oxygens (including phenoxy) is 2. The number of hydrogen-bond acceptors (Lipinski definition) is 10. The lowest BCUT2D eigenvalue weighted by Crippen LogP contribution is -2.46. The van der Waals surface area contributed by atoms with Gasteiger partial charge in [0.05, 0.1) is 41.3 Å². The topological polar surface area (TPSA) is 133 Å². The van der Waals surface area contributed by atoms with Gasteiger partial charge in [-0.25, -0.2) is 19.9 Å².